The fourth-order valence-corrected chi connectivity index (χ4v) is 3.31. The van der Waals surface area contributed by atoms with Crippen LogP contribution in [0.4, 0.5) is 13.2 Å². The van der Waals surface area contributed by atoms with E-state index in [0.717, 1.165) is 25.6 Å². The molecule has 1 heterocycles. The smallest absolute Gasteiger partial charge is 0.337 e. The molecule has 0 spiro atoms. The number of nitrogens with two attached hydrogens (primary N) is 2. The second-order valence-corrected chi connectivity index (χ2v) is 5.96. The lowest BCUT2D eigenvalue weighted by atomic mass is 9.94. The van der Waals surface area contributed by atoms with Crippen LogP contribution in [0.1, 0.15) is 28.3 Å². The number of rotatable bonds is 4. The molecule has 1 atom stereocenters. The number of halogens is 3. The van der Waals surface area contributed by atoms with Gasteiger partial charge in [0.2, 0.25) is 0 Å². The lowest BCUT2D eigenvalue weighted by molar-refractivity contribution is -0.763. The van der Waals surface area contributed by atoms with Crippen LogP contribution in [0, 0.1) is 0 Å². The largest absolute Gasteiger partial charge is 0.416 e. The molecule has 4 N–H and O–H groups in total. The second kappa shape index (κ2) is 6.72. The van der Waals surface area contributed by atoms with E-state index in [1.165, 1.54) is 17.2 Å². The zero-order valence-electron chi connectivity index (χ0n) is 12.8. The fourth-order valence-electron chi connectivity index (χ4n) is 3.31. The Morgan fingerprint density at radius 3 is 2.61 bits per heavy atom. The van der Waals surface area contributed by atoms with Crippen molar-refractivity contribution < 1.29 is 23.8 Å². The van der Waals surface area contributed by atoms with E-state index < -0.39 is 11.7 Å². The van der Waals surface area contributed by atoms with Crippen LogP contribution in [0.25, 0.3) is 0 Å². The van der Waals surface area contributed by atoms with Gasteiger partial charge in [0.05, 0.1) is 12.1 Å². The van der Waals surface area contributed by atoms with Crippen LogP contribution in [-0.4, -0.2) is 13.1 Å². The van der Waals surface area contributed by atoms with E-state index >= 15 is 0 Å². The summed E-state index contributed by atoms with van der Waals surface area (Å²) in [6.07, 6.45) is -3.22. The van der Waals surface area contributed by atoms with Gasteiger partial charge in [0.1, 0.15) is 13.1 Å². The third-order valence-corrected chi connectivity index (χ3v) is 4.43. The molecule has 1 aliphatic rings. The summed E-state index contributed by atoms with van der Waals surface area (Å²) in [5.74, 6) is 0. The average Bonchev–Trinajstić information content (AvgIpc) is 2.55. The van der Waals surface area contributed by atoms with Crippen LogP contribution in [0.2, 0.25) is 0 Å². The van der Waals surface area contributed by atoms with Gasteiger partial charge in [-0.2, -0.15) is 13.2 Å². The molecular weight excluding hydrogens is 301 g/mol. The molecule has 3 rings (SSSR count). The Morgan fingerprint density at radius 2 is 1.78 bits per heavy atom. The van der Waals surface area contributed by atoms with Crippen molar-refractivity contribution in [2.75, 3.05) is 13.1 Å². The summed E-state index contributed by atoms with van der Waals surface area (Å²) >= 11 is 0. The molecule has 0 saturated carbocycles. The van der Waals surface area contributed by atoms with Gasteiger partial charge in [-0.1, -0.05) is 42.5 Å². The summed E-state index contributed by atoms with van der Waals surface area (Å²) in [4.78, 5) is 0. The quantitative estimate of drug-likeness (QED) is 0.858. The Morgan fingerprint density at radius 1 is 1.04 bits per heavy atom. The van der Waals surface area contributed by atoms with Gasteiger partial charge in [0.15, 0.2) is 6.04 Å². The van der Waals surface area contributed by atoms with E-state index in [1.54, 1.807) is 12.1 Å². The summed E-state index contributed by atoms with van der Waals surface area (Å²) in [7, 11) is 0. The van der Waals surface area contributed by atoms with E-state index in [4.69, 9.17) is 0 Å². The zero-order valence-corrected chi connectivity index (χ0v) is 12.8. The average molecular weight is 322 g/mol. The minimum atomic E-state index is -4.28. The van der Waals surface area contributed by atoms with E-state index in [1.807, 2.05) is 17.4 Å². The van der Waals surface area contributed by atoms with Crippen molar-refractivity contribution in [2.24, 2.45) is 0 Å². The molecule has 2 aromatic rings. The van der Waals surface area contributed by atoms with E-state index in [2.05, 4.69) is 17.4 Å². The highest BCUT2D eigenvalue weighted by molar-refractivity contribution is 5.30. The Bertz CT molecular complexity index is 667. The van der Waals surface area contributed by atoms with Gasteiger partial charge in [0, 0.05) is 17.5 Å². The first-order valence-electron chi connectivity index (χ1n) is 7.93. The standard InChI is InChI=1S/C18H19F3N2/c19-18(20,21)16-8-4-2-6-14(16)11-22-12-17-15-7-3-1-5-13(15)9-10-23-17/h1-8,17,22-23H,9-12H2/p+2/t17-/m0/s1. The third-order valence-electron chi connectivity index (χ3n) is 4.43. The molecule has 0 aliphatic carbocycles. The van der Waals surface area contributed by atoms with Crippen LogP contribution < -0.4 is 10.6 Å². The van der Waals surface area contributed by atoms with Crippen molar-refractivity contribution in [2.45, 2.75) is 25.2 Å². The lowest BCUT2D eigenvalue weighted by Crippen LogP contribution is -2.95. The molecule has 0 radical (unpaired) electrons. The predicted octanol–water partition coefficient (Wildman–Crippen LogP) is 1.63. The van der Waals surface area contributed by atoms with Crippen molar-refractivity contribution >= 4 is 0 Å². The molecule has 0 aromatic heterocycles. The van der Waals surface area contributed by atoms with Crippen molar-refractivity contribution in [3.8, 4) is 0 Å². The number of quaternary nitrogens is 2. The molecule has 0 saturated heterocycles. The van der Waals surface area contributed by atoms with Crippen LogP contribution >= 0.6 is 0 Å². The summed E-state index contributed by atoms with van der Waals surface area (Å²) in [5, 5.41) is 4.27. The highest BCUT2D eigenvalue weighted by Crippen LogP contribution is 2.31. The first-order chi connectivity index (χ1) is 11.1. The van der Waals surface area contributed by atoms with Gasteiger partial charge in [-0.3, -0.25) is 0 Å². The number of benzene rings is 2. The van der Waals surface area contributed by atoms with E-state index in [0.29, 0.717) is 18.2 Å². The predicted molar refractivity (Wildman–Crippen MR) is 81.6 cm³/mol. The molecule has 0 bridgehead atoms. The maximum atomic E-state index is 13.0. The minimum Gasteiger partial charge on any atom is -0.337 e. The Labute approximate surface area is 133 Å². The minimum absolute atomic E-state index is 0.318. The van der Waals surface area contributed by atoms with Crippen molar-refractivity contribution in [1.82, 2.24) is 0 Å². The molecule has 0 amide bonds. The monoisotopic (exact) mass is 322 g/mol. The molecule has 2 nitrogen and oxygen atoms in total. The molecule has 23 heavy (non-hydrogen) atoms. The normalized spacial score (nSPS) is 17.8. The number of hydrogen-bond acceptors (Lipinski definition) is 0. The number of alkyl halides is 3. The van der Waals surface area contributed by atoms with Crippen LogP contribution in [0.15, 0.2) is 48.5 Å². The third kappa shape index (κ3) is 3.74. The van der Waals surface area contributed by atoms with Crippen LogP contribution in [0.5, 0.6) is 0 Å². The number of hydrogen-bond donors (Lipinski definition) is 2. The molecule has 1 aliphatic heterocycles. The van der Waals surface area contributed by atoms with E-state index in [9.17, 15) is 13.2 Å². The Kier molecular flexibility index (Phi) is 4.68. The van der Waals surface area contributed by atoms with Gasteiger partial charge in [0.25, 0.3) is 0 Å². The Balaban J connectivity index is 1.65. The van der Waals surface area contributed by atoms with Gasteiger partial charge >= 0.3 is 6.18 Å². The van der Waals surface area contributed by atoms with Crippen molar-refractivity contribution in [3.05, 3.63) is 70.8 Å². The first kappa shape index (κ1) is 16.0. The summed E-state index contributed by atoms with van der Waals surface area (Å²) < 4.78 is 39.0. The zero-order chi connectivity index (χ0) is 16.3. The molecular formula is C18H21F3N2+2. The SMILES string of the molecule is FC(F)(F)c1ccccc1C[NH2+]C[C@@H]1[NH2+]CCc2ccccc21. The van der Waals surface area contributed by atoms with Gasteiger partial charge in [-0.25, -0.2) is 0 Å². The fraction of sp³-hybridized carbons (Fsp3) is 0.333. The molecule has 0 unspecified atom stereocenters. The van der Waals surface area contributed by atoms with Gasteiger partial charge < -0.3 is 10.6 Å². The molecule has 0 fully saturated rings. The maximum absolute atomic E-state index is 13.0. The Hall–Kier alpha value is -1.85. The van der Waals surface area contributed by atoms with Gasteiger partial charge in [-0.15, -0.1) is 0 Å². The first-order valence-corrected chi connectivity index (χ1v) is 7.93. The molecule has 2 aromatic carbocycles. The topological polar surface area (TPSA) is 33.2 Å². The van der Waals surface area contributed by atoms with Crippen LogP contribution in [-0.2, 0) is 19.1 Å². The number of fused-ring (bicyclic) bond motifs is 1. The summed E-state index contributed by atoms with van der Waals surface area (Å²) in [5.41, 5.74) is 2.51. The lowest BCUT2D eigenvalue weighted by Gasteiger charge is -2.22. The second-order valence-electron chi connectivity index (χ2n) is 5.96. The summed E-state index contributed by atoms with van der Waals surface area (Å²) in [6.45, 7) is 2.17. The van der Waals surface area contributed by atoms with Crippen molar-refractivity contribution in [1.29, 1.82) is 0 Å². The highest BCUT2D eigenvalue weighted by atomic mass is 19.4. The molecule has 5 heteroatoms. The van der Waals surface area contributed by atoms with Crippen molar-refractivity contribution in [3.63, 3.8) is 0 Å². The molecule has 122 valence electrons. The van der Waals surface area contributed by atoms with Gasteiger partial charge in [-0.05, 0) is 11.6 Å². The van der Waals surface area contributed by atoms with E-state index in [-0.39, 0.29) is 0 Å². The van der Waals surface area contributed by atoms with Crippen LogP contribution in [0.3, 0.4) is 0 Å². The summed E-state index contributed by atoms with van der Waals surface area (Å²) in [6, 6.07) is 14.5. The highest BCUT2D eigenvalue weighted by Gasteiger charge is 2.33. The maximum Gasteiger partial charge on any atom is 0.416 e.